The number of nitrogens with one attached hydrogen (secondary N) is 2. The molecule has 0 aliphatic carbocycles. The lowest BCUT2D eigenvalue weighted by Crippen LogP contribution is -2.48. The second-order valence-corrected chi connectivity index (χ2v) is 7.12. The minimum absolute atomic E-state index is 0.135. The minimum Gasteiger partial charge on any atom is -0.373 e. The Labute approximate surface area is 121 Å². The number of nitrogens with zero attached hydrogens (tertiary/aromatic N) is 1. The van der Waals surface area contributed by atoms with Crippen molar-refractivity contribution in [2.45, 2.75) is 32.5 Å². The van der Waals surface area contributed by atoms with Crippen molar-refractivity contribution >= 4 is 15.9 Å². The van der Waals surface area contributed by atoms with Gasteiger partial charge in [-0.3, -0.25) is 9.69 Å². The molecule has 0 bridgehead atoms. The number of carbonyl (C=O) groups is 1. The first-order valence-corrected chi connectivity index (χ1v) is 8.74. The SMILES string of the molecule is C[C@H]1CN(CCNC(=O)CCNS(C)(=O)=O)C[C@H](C)O1. The van der Waals surface area contributed by atoms with Crippen LogP contribution in [0, 0.1) is 0 Å². The van der Waals surface area contributed by atoms with Crippen LogP contribution in [-0.4, -0.2) is 70.4 Å². The van der Waals surface area contributed by atoms with Gasteiger partial charge in [-0.25, -0.2) is 13.1 Å². The molecule has 0 spiro atoms. The predicted octanol–water partition coefficient (Wildman–Crippen LogP) is -0.849. The molecule has 0 aromatic rings. The molecule has 2 atom stereocenters. The predicted molar refractivity (Wildman–Crippen MR) is 76.9 cm³/mol. The number of amides is 1. The number of sulfonamides is 1. The van der Waals surface area contributed by atoms with Gasteiger partial charge in [0.2, 0.25) is 15.9 Å². The highest BCUT2D eigenvalue weighted by atomic mass is 32.2. The zero-order chi connectivity index (χ0) is 15.2. The van der Waals surface area contributed by atoms with Crippen molar-refractivity contribution < 1.29 is 17.9 Å². The van der Waals surface area contributed by atoms with E-state index in [2.05, 4.69) is 14.9 Å². The van der Waals surface area contributed by atoms with Crippen LogP contribution < -0.4 is 10.0 Å². The van der Waals surface area contributed by atoms with Gasteiger partial charge in [-0.05, 0) is 13.8 Å². The summed E-state index contributed by atoms with van der Waals surface area (Å²) < 4.78 is 29.6. The van der Waals surface area contributed by atoms with E-state index in [0.29, 0.717) is 6.54 Å². The van der Waals surface area contributed by atoms with Gasteiger partial charge in [0.05, 0.1) is 18.5 Å². The third kappa shape index (κ3) is 7.78. The Bertz CT molecular complexity index is 403. The Hall–Kier alpha value is -0.700. The third-order valence-electron chi connectivity index (χ3n) is 2.96. The van der Waals surface area contributed by atoms with Gasteiger partial charge < -0.3 is 10.1 Å². The second kappa shape index (κ2) is 7.92. The first kappa shape index (κ1) is 17.4. The second-order valence-electron chi connectivity index (χ2n) is 5.28. The molecular weight excluding hydrogens is 282 g/mol. The number of morpholine rings is 1. The van der Waals surface area contributed by atoms with Crippen LogP contribution in [0.4, 0.5) is 0 Å². The van der Waals surface area contributed by atoms with Gasteiger partial charge in [-0.15, -0.1) is 0 Å². The molecular formula is C12H25N3O4S. The van der Waals surface area contributed by atoms with Crippen LogP contribution in [0.2, 0.25) is 0 Å². The third-order valence-corrected chi connectivity index (χ3v) is 3.69. The molecule has 1 amide bonds. The number of rotatable bonds is 7. The quantitative estimate of drug-likeness (QED) is 0.640. The topological polar surface area (TPSA) is 87.7 Å². The molecule has 7 nitrogen and oxygen atoms in total. The lowest BCUT2D eigenvalue weighted by atomic mass is 10.2. The summed E-state index contributed by atoms with van der Waals surface area (Å²) >= 11 is 0. The molecule has 1 saturated heterocycles. The standard InChI is InChI=1S/C12H25N3O4S/c1-10-8-15(9-11(2)19-10)7-6-13-12(16)4-5-14-20(3,17)18/h10-11,14H,4-9H2,1-3H3,(H,13,16)/t10-,11-/m0/s1. The van der Waals surface area contributed by atoms with Gasteiger partial charge in [0.15, 0.2) is 0 Å². The van der Waals surface area contributed by atoms with Crippen molar-refractivity contribution in [1.29, 1.82) is 0 Å². The molecule has 1 rings (SSSR count). The molecule has 1 heterocycles. The van der Waals surface area contributed by atoms with E-state index >= 15 is 0 Å². The molecule has 0 unspecified atom stereocenters. The number of hydrogen-bond donors (Lipinski definition) is 2. The van der Waals surface area contributed by atoms with E-state index in [1.807, 2.05) is 13.8 Å². The maximum absolute atomic E-state index is 11.5. The Morgan fingerprint density at radius 1 is 1.25 bits per heavy atom. The first-order chi connectivity index (χ1) is 9.26. The van der Waals surface area contributed by atoms with Crippen molar-refractivity contribution in [1.82, 2.24) is 14.9 Å². The van der Waals surface area contributed by atoms with E-state index < -0.39 is 10.0 Å². The lowest BCUT2D eigenvalue weighted by Gasteiger charge is -2.35. The molecule has 0 aromatic heterocycles. The van der Waals surface area contributed by atoms with Crippen LogP contribution in [0.5, 0.6) is 0 Å². The molecule has 1 aliphatic heterocycles. The van der Waals surface area contributed by atoms with Crippen molar-refractivity contribution in [2.75, 3.05) is 39.0 Å². The molecule has 0 radical (unpaired) electrons. The first-order valence-electron chi connectivity index (χ1n) is 6.85. The molecule has 0 saturated carbocycles. The smallest absolute Gasteiger partial charge is 0.221 e. The fraction of sp³-hybridized carbons (Fsp3) is 0.917. The Kier molecular flexibility index (Phi) is 6.87. The van der Waals surface area contributed by atoms with Crippen LogP contribution in [0.1, 0.15) is 20.3 Å². The summed E-state index contributed by atoms with van der Waals surface area (Å²) in [6.07, 6.45) is 1.66. The van der Waals surface area contributed by atoms with E-state index in [-0.39, 0.29) is 31.1 Å². The number of ether oxygens (including phenoxy) is 1. The number of hydrogen-bond acceptors (Lipinski definition) is 5. The van der Waals surface area contributed by atoms with Gasteiger partial charge in [0, 0.05) is 39.1 Å². The van der Waals surface area contributed by atoms with Crippen molar-refractivity contribution in [3.63, 3.8) is 0 Å². The minimum atomic E-state index is -3.22. The molecule has 1 aliphatic rings. The fourth-order valence-electron chi connectivity index (χ4n) is 2.26. The summed E-state index contributed by atoms with van der Waals surface area (Å²) in [7, 11) is -3.22. The molecule has 8 heteroatoms. The normalized spacial score (nSPS) is 24.6. The van der Waals surface area contributed by atoms with E-state index in [9.17, 15) is 13.2 Å². The van der Waals surface area contributed by atoms with Crippen molar-refractivity contribution in [3.8, 4) is 0 Å². The molecule has 2 N–H and O–H groups in total. The van der Waals surface area contributed by atoms with Gasteiger partial charge in [-0.1, -0.05) is 0 Å². The van der Waals surface area contributed by atoms with E-state index in [4.69, 9.17) is 4.74 Å². The van der Waals surface area contributed by atoms with Crippen molar-refractivity contribution in [3.05, 3.63) is 0 Å². The van der Waals surface area contributed by atoms with Crippen LogP contribution in [0.25, 0.3) is 0 Å². The summed E-state index contributed by atoms with van der Waals surface area (Å²) in [6, 6.07) is 0. The Balaban J connectivity index is 2.12. The van der Waals surface area contributed by atoms with Crippen LogP contribution in [-0.2, 0) is 19.6 Å². The Morgan fingerprint density at radius 3 is 2.40 bits per heavy atom. The number of carbonyl (C=O) groups excluding carboxylic acids is 1. The zero-order valence-electron chi connectivity index (χ0n) is 12.4. The van der Waals surface area contributed by atoms with E-state index in [1.165, 1.54) is 0 Å². The maximum Gasteiger partial charge on any atom is 0.221 e. The zero-order valence-corrected chi connectivity index (χ0v) is 13.2. The largest absolute Gasteiger partial charge is 0.373 e. The van der Waals surface area contributed by atoms with E-state index in [0.717, 1.165) is 25.9 Å². The molecule has 1 fully saturated rings. The van der Waals surface area contributed by atoms with Crippen molar-refractivity contribution in [2.24, 2.45) is 0 Å². The van der Waals surface area contributed by atoms with Crippen LogP contribution >= 0.6 is 0 Å². The molecule has 118 valence electrons. The van der Waals surface area contributed by atoms with Gasteiger partial charge in [0.1, 0.15) is 0 Å². The summed E-state index contributed by atoms with van der Waals surface area (Å²) in [5.41, 5.74) is 0. The lowest BCUT2D eigenvalue weighted by molar-refractivity contribution is -0.121. The summed E-state index contributed by atoms with van der Waals surface area (Å²) in [6.45, 7) is 7.30. The average Bonchev–Trinajstić information content (AvgIpc) is 2.25. The highest BCUT2D eigenvalue weighted by molar-refractivity contribution is 7.88. The highest BCUT2D eigenvalue weighted by Gasteiger charge is 2.21. The molecule has 20 heavy (non-hydrogen) atoms. The van der Waals surface area contributed by atoms with Gasteiger partial charge in [0.25, 0.3) is 0 Å². The fourth-order valence-corrected chi connectivity index (χ4v) is 2.73. The summed E-state index contributed by atoms with van der Waals surface area (Å²) in [5.74, 6) is -0.143. The maximum atomic E-state index is 11.5. The van der Waals surface area contributed by atoms with Crippen LogP contribution in [0.3, 0.4) is 0 Å². The van der Waals surface area contributed by atoms with Crippen LogP contribution in [0.15, 0.2) is 0 Å². The Morgan fingerprint density at radius 2 is 1.85 bits per heavy atom. The summed E-state index contributed by atoms with van der Waals surface area (Å²) in [4.78, 5) is 13.8. The highest BCUT2D eigenvalue weighted by Crippen LogP contribution is 2.09. The van der Waals surface area contributed by atoms with Gasteiger partial charge >= 0.3 is 0 Å². The monoisotopic (exact) mass is 307 g/mol. The van der Waals surface area contributed by atoms with E-state index in [1.54, 1.807) is 0 Å². The average molecular weight is 307 g/mol. The molecule has 0 aromatic carbocycles. The van der Waals surface area contributed by atoms with Gasteiger partial charge in [-0.2, -0.15) is 0 Å². The summed E-state index contributed by atoms with van der Waals surface area (Å²) in [5, 5.41) is 2.79.